The molecule has 22 heavy (non-hydrogen) atoms. The van der Waals surface area contributed by atoms with Gasteiger partial charge in [0.25, 0.3) is 0 Å². The van der Waals surface area contributed by atoms with Crippen LogP contribution in [0.15, 0.2) is 48.9 Å². The summed E-state index contributed by atoms with van der Waals surface area (Å²) in [7, 11) is 0. The van der Waals surface area contributed by atoms with Gasteiger partial charge in [-0.15, -0.1) is 0 Å². The lowest BCUT2D eigenvalue weighted by atomic mass is 10.1. The number of benzene rings is 1. The first-order valence-corrected chi connectivity index (χ1v) is 7.55. The molecule has 2 aromatic rings. The molecule has 0 radical (unpaired) electrons. The molecular weight excluding hydrogens is 278 g/mol. The van der Waals surface area contributed by atoms with Crippen LogP contribution in [0.3, 0.4) is 0 Å². The van der Waals surface area contributed by atoms with Crippen molar-refractivity contribution in [1.29, 1.82) is 0 Å². The van der Waals surface area contributed by atoms with Gasteiger partial charge in [0.05, 0.1) is 13.0 Å². The summed E-state index contributed by atoms with van der Waals surface area (Å²) in [5.74, 6) is 0.722. The molecule has 0 spiro atoms. The topological polar surface area (TPSA) is 55.3 Å². The van der Waals surface area contributed by atoms with Crippen molar-refractivity contribution in [1.82, 2.24) is 14.9 Å². The minimum atomic E-state index is 0.00312. The van der Waals surface area contributed by atoms with Crippen LogP contribution in [0.5, 0.6) is 5.88 Å². The van der Waals surface area contributed by atoms with Crippen molar-refractivity contribution >= 4 is 5.91 Å². The Morgan fingerprint density at radius 3 is 2.91 bits per heavy atom. The zero-order chi connectivity index (χ0) is 15.2. The number of piperidine rings is 1. The van der Waals surface area contributed by atoms with Gasteiger partial charge < -0.3 is 9.64 Å². The second-order valence-electron chi connectivity index (χ2n) is 5.43. The van der Waals surface area contributed by atoms with Gasteiger partial charge in [-0.25, -0.2) is 9.97 Å². The molecule has 1 aromatic carbocycles. The molecule has 0 N–H and O–H groups in total. The summed E-state index contributed by atoms with van der Waals surface area (Å²) in [6.07, 6.45) is 5.47. The third-order valence-corrected chi connectivity index (χ3v) is 3.77. The summed E-state index contributed by atoms with van der Waals surface area (Å²) < 4.78 is 5.84. The van der Waals surface area contributed by atoms with Gasteiger partial charge in [0, 0.05) is 18.8 Å². The Kier molecular flexibility index (Phi) is 4.63. The van der Waals surface area contributed by atoms with E-state index in [1.54, 1.807) is 12.3 Å². The maximum absolute atomic E-state index is 12.4. The second-order valence-corrected chi connectivity index (χ2v) is 5.43. The molecule has 1 atom stereocenters. The van der Waals surface area contributed by atoms with E-state index >= 15 is 0 Å². The highest BCUT2D eigenvalue weighted by Gasteiger charge is 2.25. The third-order valence-electron chi connectivity index (χ3n) is 3.77. The van der Waals surface area contributed by atoms with Crippen molar-refractivity contribution in [3.05, 3.63) is 54.5 Å². The van der Waals surface area contributed by atoms with Crippen molar-refractivity contribution < 1.29 is 9.53 Å². The molecule has 2 heterocycles. The van der Waals surface area contributed by atoms with E-state index in [0.29, 0.717) is 18.8 Å². The lowest BCUT2D eigenvalue weighted by Crippen LogP contribution is -2.45. The molecule has 1 saturated heterocycles. The summed E-state index contributed by atoms with van der Waals surface area (Å²) in [4.78, 5) is 22.2. The van der Waals surface area contributed by atoms with E-state index in [4.69, 9.17) is 4.74 Å². The molecule has 0 aliphatic carbocycles. The van der Waals surface area contributed by atoms with Gasteiger partial charge in [-0.1, -0.05) is 30.3 Å². The van der Waals surface area contributed by atoms with Crippen molar-refractivity contribution in [3.63, 3.8) is 0 Å². The van der Waals surface area contributed by atoms with Crippen molar-refractivity contribution in [2.45, 2.75) is 25.4 Å². The molecule has 1 unspecified atom stereocenters. The van der Waals surface area contributed by atoms with Crippen LogP contribution in [-0.4, -0.2) is 40.0 Å². The van der Waals surface area contributed by atoms with Gasteiger partial charge in [-0.3, -0.25) is 4.79 Å². The van der Waals surface area contributed by atoms with Gasteiger partial charge >= 0.3 is 0 Å². The number of hydrogen-bond acceptors (Lipinski definition) is 4. The van der Waals surface area contributed by atoms with E-state index in [2.05, 4.69) is 9.97 Å². The zero-order valence-corrected chi connectivity index (χ0v) is 12.4. The van der Waals surface area contributed by atoms with Crippen LogP contribution < -0.4 is 4.74 Å². The maximum atomic E-state index is 12.4. The Labute approximate surface area is 130 Å². The molecule has 1 aliphatic heterocycles. The van der Waals surface area contributed by atoms with Crippen LogP contribution >= 0.6 is 0 Å². The van der Waals surface area contributed by atoms with Crippen LogP contribution in [-0.2, 0) is 11.2 Å². The second kappa shape index (κ2) is 7.02. The van der Waals surface area contributed by atoms with Gasteiger partial charge in [-0.05, 0) is 18.4 Å². The number of likely N-dealkylation sites (tertiary alicyclic amines) is 1. The fourth-order valence-electron chi connectivity index (χ4n) is 2.66. The first kappa shape index (κ1) is 14.5. The minimum Gasteiger partial charge on any atom is -0.472 e. The van der Waals surface area contributed by atoms with Crippen LogP contribution in [0.2, 0.25) is 0 Å². The Bertz CT molecular complexity index is 604. The zero-order valence-electron chi connectivity index (χ0n) is 12.4. The molecule has 5 heteroatoms. The van der Waals surface area contributed by atoms with E-state index < -0.39 is 0 Å². The fraction of sp³-hybridized carbons (Fsp3) is 0.353. The van der Waals surface area contributed by atoms with E-state index in [1.807, 2.05) is 35.2 Å². The number of amides is 1. The van der Waals surface area contributed by atoms with Crippen molar-refractivity contribution in [3.8, 4) is 5.88 Å². The molecule has 1 amide bonds. The normalized spacial score (nSPS) is 18.0. The predicted octanol–water partition coefficient (Wildman–Crippen LogP) is 2.09. The lowest BCUT2D eigenvalue weighted by Gasteiger charge is -2.32. The predicted molar refractivity (Wildman–Crippen MR) is 82.4 cm³/mol. The van der Waals surface area contributed by atoms with Crippen LogP contribution in [0.4, 0.5) is 0 Å². The molecule has 0 bridgehead atoms. The summed E-state index contributed by atoms with van der Waals surface area (Å²) in [5.41, 5.74) is 1.05. The highest BCUT2D eigenvalue weighted by Crippen LogP contribution is 2.17. The van der Waals surface area contributed by atoms with Gasteiger partial charge in [0.1, 0.15) is 12.4 Å². The van der Waals surface area contributed by atoms with Crippen LogP contribution in [0, 0.1) is 0 Å². The Morgan fingerprint density at radius 2 is 2.14 bits per heavy atom. The van der Waals surface area contributed by atoms with E-state index in [0.717, 1.165) is 24.9 Å². The van der Waals surface area contributed by atoms with Gasteiger partial charge in [0.15, 0.2) is 0 Å². The summed E-state index contributed by atoms with van der Waals surface area (Å²) in [6.45, 7) is 1.42. The number of rotatable bonds is 4. The van der Waals surface area contributed by atoms with E-state index in [-0.39, 0.29) is 12.0 Å². The number of ether oxygens (including phenoxy) is 1. The number of hydrogen-bond donors (Lipinski definition) is 0. The molecule has 5 nitrogen and oxygen atoms in total. The SMILES string of the molecule is O=C(Cc1ccccc1)N1CCCC(Oc2ccncn2)C1. The maximum Gasteiger partial charge on any atom is 0.227 e. The van der Waals surface area contributed by atoms with E-state index in [1.165, 1.54) is 6.33 Å². The van der Waals surface area contributed by atoms with Crippen LogP contribution in [0.1, 0.15) is 18.4 Å². The minimum absolute atomic E-state index is 0.00312. The number of nitrogens with zero attached hydrogens (tertiary/aromatic N) is 3. The van der Waals surface area contributed by atoms with Gasteiger partial charge in [0.2, 0.25) is 11.8 Å². The molecule has 0 saturated carbocycles. The molecule has 114 valence electrons. The molecule has 1 fully saturated rings. The Hall–Kier alpha value is -2.43. The summed E-state index contributed by atoms with van der Waals surface area (Å²) in [6, 6.07) is 11.6. The first-order chi connectivity index (χ1) is 10.8. The fourth-order valence-corrected chi connectivity index (χ4v) is 2.66. The molecule has 1 aliphatic rings. The number of carbonyl (C=O) groups excluding carboxylic acids is 1. The number of aromatic nitrogens is 2. The summed E-state index contributed by atoms with van der Waals surface area (Å²) >= 11 is 0. The highest BCUT2D eigenvalue weighted by atomic mass is 16.5. The number of carbonyl (C=O) groups is 1. The largest absolute Gasteiger partial charge is 0.472 e. The Balaban J connectivity index is 1.57. The summed E-state index contributed by atoms with van der Waals surface area (Å²) in [5, 5.41) is 0. The van der Waals surface area contributed by atoms with E-state index in [9.17, 15) is 4.79 Å². The average Bonchev–Trinajstić information content (AvgIpc) is 2.57. The van der Waals surface area contributed by atoms with Crippen molar-refractivity contribution in [2.24, 2.45) is 0 Å². The highest BCUT2D eigenvalue weighted by molar-refractivity contribution is 5.78. The third kappa shape index (κ3) is 3.81. The average molecular weight is 297 g/mol. The standard InChI is InChI=1S/C17H19N3O2/c21-17(11-14-5-2-1-3-6-14)20-10-4-7-15(12-20)22-16-8-9-18-13-19-16/h1-3,5-6,8-9,13,15H,4,7,10-12H2. The quantitative estimate of drug-likeness (QED) is 0.867. The Morgan fingerprint density at radius 1 is 1.27 bits per heavy atom. The first-order valence-electron chi connectivity index (χ1n) is 7.55. The van der Waals surface area contributed by atoms with Gasteiger partial charge in [-0.2, -0.15) is 0 Å². The monoisotopic (exact) mass is 297 g/mol. The molecule has 3 rings (SSSR count). The van der Waals surface area contributed by atoms with Crippen molar-refractivity contribution in [2.75, 3.05) is 13.1 Å². The molecular formula is C17H19N3O2. The molecule has 1 aromatic heterocycles. The van der Waals surface area contributed by atoms with Crippen LogP contribution in [0.25, 0.3) is 0 Å². The smallest absolute Gasteiger partial charge is 0.227 e. The lowest BCUT2D eigenvalue weighted by molar-refractivity contribution is -0.133.